The van der Waals surface area contributed by atoms with E-state index in [-0.39, 0.29) is 16.5 Å². The lowest BCUT2D eigenvalue weighted by atomic mass is 9.93. The Labute approximate surface area is 131 Å². The van der Waals surface area contributed by atoms with E-state index >= 15 is 0 Å². The Bertz CT molecular complexity index is 551. The Morgan fingerprint density at radius 1 is 1.18 bits per heavy atom. The smallest absolute Gasteiger partial charge is 0.314 e. The van der Waals surface area contributed by atoms with Gasteiger partial charge in [0.05, 0.1) is 10.6 Å². The van der Waals surface area contributed by atoms with Crippen molar-refractivity contribution < 1.29 is 17.6 Å². The Balaban J connectivity index is 2.08. The average Bonchev–Trinajstić information content (AvgIpc) is 3.28. The Hall–Kier alpha value is -0.850. The number of rotatable bonds is 3. The van der Waals surface area contributed by atoms with Crippen LogP contribution < -0.4 is 5.32 Å². The van der Waals surface area contributed by atoms with Crippen molar-refractivity contribution in [1.82, 2.24) is 10.2 Å². The zero-order valence-corrected chi connectivity index (χ0v) is 12.6. The molecule has 0 unspecified atom stereocenters. The average molecular weight is 337 g/mol. The molecule has 0 amide bonds. The maximum absolute atomic E-state index is 14.5. The maximum atomic E-state index is 14.5. The molecule has 2 aliphatic rings. The fourth-order valence-corrected chi connectivity index (χ4v) is 3.36. The molecule has 2 nitrogen and oxygen atoms in total. The van der Waals surface area contributed by atoms with Gasteiger partial charge in [0, 0.05) is 37.8 Å². The van der Waals surface area contributed by atoms with Crippen LogP contribution >= 0.6 is 11.6 Å². The highest BCUT2D eigenvalue weighted by Gasteiger charge is 2.44. The Kier molecular flexibility index (Phi) is 4.36. The first-order valence-corrected chi connectivity index (χ1v) is 7.77. The molecule has 1 saturated heterocycles. The largest absolute Gasteiger partial charge is 0.416 e. The molecule has 3 rings (SSSR count). The lowest BCUT2D eigenvalue weighted by Crippen LogP contribution is -2.46. The molecule has 1 aromatic carbocycles. The number of alkyl halides is 3. The van der Waals surface area contributed by atoms with Crippen LogP contribution in [0.25, 0.3) is 0 Å². The Morgan fingerprint density at radius 2 is 1.82 bits per heavy atom. The van der Waals surface area contributed by atoms with E-state index < -0.39 is 23.6 Å². The lowest BCUT2D eigenvalue weighted by Gasteiger charge is -2.36. The number of piperazine rings is 1. The summed E-state index contributed by atoms with van der Waals surface area (Å²) < 4.78 is 54.5. The number of hydrogen-bond donors (Lipinski definition) is 1. The first-order valence-electron chi connectivity index (χ1n) is 7.39. The van der Waals surface area contributed by atoms with Crippen LogP contribution in [0.2, 0.25) is 5.02 Å². The Morgan fingerprint density at radius 3 is 2.36 bits per heavy atom. The van der Waals surface area contributed by atoms with E-state index in [1.807, 2.05) is 4.90 Å². The van der Waals surface area contributed by atoms with Gasteiger partial charge in [0.2, 0.25) is 0 Å². The summed E-state index contributed by atoms with van der Waals surface area (Å²) in [7, 11) is 0. The minimum Gasteiger partial charge on any atom is -0.314 e. The molecule has 1 N–H and O–H groups in total. The van der Waals surface area contributed by atoms with Crippen LogP contribution in [-0.2, 0) is 6.18 Å². The van der Waals surface area contributed by atoms with Gasteiger partial charge in [-0.2, -0.15) is 13.2 Å². The summed E-state index contributed by atoms with van der Waals surface area (Å²) in [5.41, 5.74) is -1.17. The predicted molar refractivity (Wildman–Crippen MR) is 76.3 cm³/mol. The van der Waals surface area contributed by atoms with Crippen LogP contribution in [0, 0.1) is 11.7 Å². The first-order chi connectivity index (χ1) is 10.4. The van der Waals surface area contributed by atoms with E-state index in [1.54, 1.807) is 0 Å². The zero-order valence-electron chi connectivity index (χ0n) is 11.9. The number of nitrogens with one attached hydrogen (secondary N) is 1. The van der Waals surface area contributed by atoms with E-state index in [1.165, 1.54) is 0 Å². The molecule has 1 saturated carbocycles. The summed E-state index contributed by atoms with van der Waals surface area (Å²) in [4.78, 5) is 1.96. The molecule has 1 aromatic rings. The molecule has 7 heteroatoms. The second kappa shape index (κ2) is 5.98. The van der Waals surface area contributed by atoms with Gasteiger partial charge in [-0.15, -0.1) is 0 Å². The standard InChI is InChI=1S/C15H17ClF4N2/c16-11-4-3-10(15(18,19)20)12(13(11)17)14(9-1-2-9)22-7-5-21-6-8-22/h3-4,9,14,21H,1-2,5-8H2/t14-/m0/s1. The second-order valence-electron chi connectivity index (χ2n) is 5.89. The quantitative estimate of drug-likeness (QED) is 0.843. The highest BCUT2D eigenvalue weighted by Crippen LogP contribution is 2.49. The lowest BCUT2D eigenvalue weighted by molar-refractivity contribution is -0.139. The van der Waals surface area contributed by atoms with Crippen LogP contribution in [0.15, 0.2) is 12.1 Å². The summed E-state index contributed by atoms with van der Waals surface area (Å²) in [6.45, 7) is 2.63. The fourth-order valence-electron chi connectivity index (χ4n) is 3.19. The van der Waals surface area contributed by atoms with Crippen molar-refractivity contribution in [2.24, 2.45) is 5.92 Å². The van der Waals surface area contributed by atoms with Gasteiger partial charge >= 0.3 is 6.18 Å². The van der Waals surface area contributed by atoms with Crippen molar-refractivity contribution in [2.45, 2.75) is 25.1 Å². The number of nitrogens with zero attached hydrogens (tertiary/aromatic N) is 1. The molecule has 1 aliphatic carbocycles. The number of hydrogen-bond acceptors (Lipinski definition) is 2. The van der Waals surface area contributed by atoms with Gasteiger partial charge in [-0.05, 0) is 30.9 Å². The molecule has 22 heavy (non-hydrogen) atoms. The van der Waals surface area contributed by atoms with Crippen LogP contribution in [0.4, 0.5) is 17.6 Å². The maximum Gasteiger partial charge on any atom is 0.416 e. The van der Waals surface area contributed by atoms with E-state index in [4.69, 9.17) is 11.6 Å². The van der Waals surface area contributed by atoms with E-state index in [0.717, 1.165) is 25.0 Å². The van der Waals surface area contributed by atoms with Crippen LogP contribution in [0.3, 0.4) is 0 Å². The summed E-state index contributed by atoms with van der Waals surface area (Å²) in [5.74, 6) is -0.848. The van der Waals surface area contributed by atoms with Gasteiger partial charge in [0.1, 0.15) is 5.82 Å². The van der Waals surface area contributed by atoms with Crippen molar-refractivity contribution in [2.75, 3.05) is 26.2 Å². The number of benzene rings is 1. The summed E-state index contributed by atoms with van der Waals surface area (Å²) in [6.07, 6.45) is -2.92. The van der Waals surface area contributed by atoms with Gasteiger partial charge < -0.3 is 5.32 Å². The second-order valence-corrected chi connectivity index (χ2v) is 6.30. The molecule has 0 aromatic heterocycles. The van der Waals surface area contributed by atoms with E-state index in [2.05, 4.69) is 5.32 Å². The summed E-state index contributed by atoms with van der Waals surface area (Å²) >= 11 is 5.77. The van der Waals surface area contributed by atoms with E-state index in [0.29, 0.717) is 26.2 Å². The summed E-state index contributed by atoms with van der Waals surface area (Å²) in [5, 5.41) is 2.92. The third-order valence-corrected chi connectivity index (χ3v) is 4.64. The van der Waals surface area contributed by atoms with Crippen molar-refractivity contribution in [3.63, 3.8) is 0 Å². The van der Waals surface area contributed by atoms with E-state index in [9.17, 15) is 17.6 Å². The minimum absolute atomic E-state index is 0.0761. The van der Waals surface area contributed by atoms with Gasteiger partial charge in [-0.1, -0.05) is 11.6 Å². The van der Waals surface area contributed by atoms with Crippen LogP contribution in [-0.4, -0.2) is 31.1 Å². The molecule has 0 radical (unpaired) electrons. The molecule has 1 atom stereocenters. The molecule has 2 fully saturated rings. The summed E-state index contributed by atoms with van der Waals surface area (Å²) in [6, 6.07) is 1.35. The van der Waals surface area contributed by atoms with Gasteiger partial charge in [-0.3, -0.25) is 4.90 Å². The van der Waals surface area contributed by atoms with Crippen molar-refractivity contribution in [1.29, 1.82) is 0 Å². The monoisotopic (exact) mass is 336 g/mol. The SMILES string of the molecule is Fc1c(Cl)ccc(C(F)(F)F)c1[C@H](C1CC1)N1CCNCC1. The normalized spacial score (nSPS) is 21.9. The number of halogens is 5. The third kappa shape index (κ3) is 3.09. The molecule has 122 valence electrons. The van der Waals surface area contributed by atoms with Crippen LogP contribution in [0.1, 0.15) is 30.0 Å². The van der Waals surface area contributed by atoms with Crippen molar-refractivity contribution in [3.8, 4) is 0 Å². The van der Waals surface area contributed by atoms with Gasteiger partial charge in [0.25, 0.3) is 0 Å². The van der Waals surface area contributed by atoms with Gasteiger partial charge in [0.15, 0.2) is 0 Å². The molecule has 1 aliphatic heterocycles. The highest BCUT2D eigenvalue weighted by molar-refractivity contribution is 6.30. The van der Waals surface area contributed by atoms with Crippen molar-refractivity contribution >= 4 is 11.6 Å². The molecule has 1 heterocycles. The highest BCUT2D eigenvalue weighted by atomic mass is 35.5. The molecular formula is C15H17ClF4N2. The zero-order chi connectivity index (χ0) is 15.9. The molecule has 0 bridgehead atoms. The fraction of sp³-hybridized carbons (Fsp3) is 0.600. The third-order valence-electron chi connectivity index (χ3n) is 4.35. The first kappa shape index (κ1) is 16.0. The predicted octanol–water partition coefficient (Wildman–Crippen LogP) is 3.85. The minimum atomic E-state index is -4.58. The molecule has 0 spiro atoms. The van der Waals surface area contributed by atoms with Gasteiger partial charge in [-0.25, -0.2) is 4.39 Å². The van der Waals surface area contributed by atoms with Crippen LogP contribution in [0.5, 0.6) is 0 Å². The topological polar surface area (TPSA) is 15.3 Å². The molecular weight excluding hydrogens is 320 g/mol. The van der Waals surface area contributed by atoms with Crippen molar-refractivity contribution in [3.05, 3.63) is 34.1 Å².